The fourth-order valence-corrected chi connectivity index (χ4v) is 2.70. The predicted octanol–water partition coefficient (Wildman–Crippen LogP) is -0.0843. The molecule has 13 heavy (non-hydrogen) atoms. The maximum atomic E-state index is 11.0. The van der Waals surface area contributed by atoms with Crippen LogP contribution in [0, 0.1) is 0 Å². The van der Waals surface area contributed by atoms with Crippen LogP contribution in [0.2, 0.25) is 0 Å². The number of carbonyl (C=O) groups is 1. The monoisotopic (exact) mass is 200 g/mol. The van der Waals surface area contributed by atoms with Crippen molar-refractivity contribution in [2.45, 2.75) is 0 Å². The highest BCUT2D eigenvalue weighted by Crippen LogP contribution is 2.23. The van der Waals surface area contributed by atoms with E-state index in [-0.39, 0.29) is 16.4 Å². The van der Waals surface area contributed by atoms with Crippen LogP contribution < -0.4 is 0 Å². The fourth-order valence-electron chi connectivity index (χ4n) is 1.43. The van der Waals surface area contributed by atoms with Crippen molar-refractivity contribution in [2.75, 3.05) is 32.1 Å². The molecule has 2 rings (SSSR count). The lowest BCUT2D eigenvalue weighted by Crippen LogP contribution is -2.39. The summed E-state index contributed by atoms with van der Waals surface area (Å²) in [6, 6.07) is 0. The molecule has 0 saturated carbocycles. The number of morpholine rings is 1. The van der Waals surface area contributed by atoms with E-state index < -0.39 is 0 Å². The van der Waals surface area contributed by atoms with Crippen molar-refractivity contribution in [3.05, 3.63) is 0 Å². The van der Waals surface area contributed by atoms with Crippen LogP contribution in [-0.2, 0) is 9.53 Å². The van der Waals surface area contributed by atoms with Gasteiger partial charge in [0.05, 0.1) is 19.0 Å². The Balaban J connectivity index is 2.10. The van der Waals surface area contributed by atoms with Crippen LogP contribution >= 0.6 is 10.5 Å². The zero-order chi connectivity index (χ0) is 9.26. The minimum Gasteiger partial charge on any atom is -0.378 e. The van der Waals surface area contributed by atoms with Crippen molar-refractivity contribution in [2.24, 2.45) is 4.99 Å². The van der Waals surface area contributed by atoms with E-state index in [1.165, 1.54) is 0 Å². The first-order valence-corrected chi connectivity index (χ1v) is 5.78. The molecular formula is C8H12N2O2S. The average Bonchev–Trinajstić information content (AvgIpc) is 2.47. The Morgan fingerprint density at radius 3 is 2.69 bits per heavy atom. The van der Waals surface area contributed by atoms with Gasteiger partial charge in [0.15, 0.2) is 5.17 Å². The van der Waals surface area contributed by atoms with Crippen LogP contribution in [0.3, 0.4) is 0 Å². The molecule has 0 bridgehead atoms. The molecule has 1 atom stereocenters. The summed E-state index contributed by atoms with van der Waals surface area (Å²) in [6.45, 7) is 3.13. The molecule has 1 unspecified atom stereocenters. The largest absolute Gasteiger partial charge is 0.378 e. The van der Waals surface area contributed by atoms with Gasteiger partial charge >= 0.3 is 0 Å². The minimum absolute atomic E-state index is 0.0279. The van der Waals surface area contributed by atoms with Gasteiger partial charge in [0.2, 0.25) is 0 Å². The van der Waals surface area contributed by atoms with Crippen LogP contribution in [0.5, 0.6) is 0 Å². The standard InChI is InChI=1S/C8H12N2O2S/c1-13-6-7(11)9-8(13)10-2-4-12-5-3-10/h1-6H2. The number of rotatable bonds is 0. The van der Waals surface area contributed by atoms with E-state index in [0.29, 0.717) is 5.75 Å². The van der Waals surface area contributed by atoms with Crippen LogP contribution in [0.1, 0.15) is 0 Å². The van der Waals surface area contributed by atoms with Crippen molar-refractivity contribution in [1.82, 2.24) is 4.90 Å². The van der Waals surface area contributed by atoms with E-state index in [2.05, 4.69) is 15.8 Å². The van der Waals surface area contributed by atoms with Gasteiger partial charge < -0.3 is 9.64 Å². The quantitative estimate of drug-likeness (QED) is 0.513. The van der Waals surface area contributed by atoms with Crippen LogP contribution in [0.4, 0.5) is 0 Å². The van der Waals surface area contributed by atoms with Crippen molar-refractivity contribution >= 4 is 27.4 Å². The van der Waals surface area contributed by atoms with Crippen molar-refractivity contribution in [1.29, 1.82) is 0 Å². The third-order valence-corrected chi connectivity index (χ3v) is 3.52. The second-order valence-corrected chi connectivity index (χ2v) is 4.66. The van der Waals surface area contributed by atoms with Gasteiger partial charge in [0.1, 0.15) is 0 Å². The molecule has 0 aromatic heterocycles. The number of nitrogens with zero attached hydrogens (tertiary/aromatic N) is 2. The van der Waals surface area contributed by atoms with Crippen LogP contribution in [-0.4, -0.2) is 53.9 Å². The number of carbonyl (C=O) groups excluding carboxylic acids is 1. The lowest BCUT2D eigenvalue weighted by Gasteiger charge is -2.28. The Bertz CT molecular complexity index is 282. The molecule has 4 nitrogen and oxygen atoms in total. The molecule has 2 aliphatic rings. The number of ether oxygens (including phenoxy) is 1. The lowest BCUT2D eigenvalue weighted by molar-refractivity contribution is -0.115. The number of aliphatic imine (C=N–C) groups is 1. The molecule has 0 radical (unpaired) electrons. The van der Waals surface area contributed by atoms with E-state index in [4.69, 9.17) is 4.74 Å². The molecule has 2 aliphatic heterocycles. The van der Waals surface area contributed by atoms with Crippen molar-refractivity contribution in [3.8, 4) is 0 Å². The number of hydrogen-bond acceptors (Lipinski definition) is 3. The Labute approximate surface area is 79.5 Å². The summed E-state index contributed by atoms with van der Waals surface area (Å²) in [6.07, 6.45) is 0. The Hall–Kier alpha value is -0.680. The summed E-state index contributed by atoms with van der Waals surface area (Å²) in [4.78, 5) is 17.1. The summed E-state index contributed by atoms with van der Waals surface area (Å²) in [7, 11) is -0.217. The first-order chi connectivity index (χ1) is 6.27. The van der Waals surface area contributed by atoms with E-state index in [0.717, 1.165) is 31.5 Å². The Morgan fingerprint density at radius 2 is 2.15 bits per heavy atom. The molecule has 2 heterocycles. The first-order valence-electron chi connectivity index (χ1n) is 4.22. The van der Waals surface area contributed by atoms with Gasteiger partial charge in [-0.25, -0.2) is 0 Å². The third kappa shape index (κ3) is 1.81. The maximum absolute atomic E-state index is 11.0. The fraction of sp³-hybridized carbons (Fsp3) is 0.625. The summed E-state index contributed by atoms with van der Waals surface area (Å²) in [5.41, 5.74) is 0. The van der Waals surface area contributed by atoms with Crippen molar-refractivity contribution < 1.29 is 9.53 Å². The molecule has 1 amide bonds. The SMILES string of the molecule is C=S1CC(=O)N=C1N1CCOCC1. The van der Waals surface area contributed by atoms with Gasteiger partial charge in [0.25, 0.3) is 5.91 Å². The van der Waals surface area contributed by atoms with Gasteiger partial charge in [-0.2, -0.15) is 4.99 Å². The van der Waals surface area contributed by atoms with Gasteiger partial charge in [-0.15, -0.1) is 10.5 Å². The minimum atomic E-state index is -0.217. The first kappa shape index (κ1) is 8.90. The van der Waals surface area contributed by atoms with Gasteiger partial charge in [-0.3, -0.25) is 4.79 Å². The second kappa shape index (κ2) is 3.59. The summed E-state index contributed by atoms with van der Waals surface area (Å²) >= 11 is 0. The lowest BCUT2D eigenvalue weighted by atomic mass is 10.5. The molecule has 0 aromatic rings. The third-order valence-electron chi connectivity index (χ3n) is 2.06. The Kier molecular flexibility index (Phi) is 2.46. The smallest absolute Gasteiger partial charge is 0.258 e. The zero-order valence-corrected chi connectivity index (χ0v) is 8.18. The van der Waals surface area contributed by atoms with Crippen LogP contribution in [0.25, 0.3) is 0 Å². The molecule has 1 fully saturated rings. The Morgan fingerprint density at radius 1 is 1.46 bits per heavy atom. The van der Waals surface area contributed by atoms with E-state index >= 15 is 0 Å². The predicted molar refractivity (Wildman–Crippen MR) is 54.4 cm³/mol. The molecular weight excluding hydrogens is 188 g/mol. The second-order valence-electron chi connectivity index (χ2n) is 3.02. The topological polar surface area (TPSA) is 41.9 Å². The van der Waals surface area contributed by atoms with E-state index in [9.17, 15) is 4.79 Å². The molecule has 0 N–H and O–H groups in total. The molecule has 1 saturated heterocycles. The summed E-state index contributed by atoms with van der Waals surface area (Å²) in [5, 5.41) is 0.883. The summed E-state index contributed by atoms with van der Waals surface area (Å²) < 4.78 is 5.22. The van der Waals surface area contributed by atoms with Gasteiger partial charge in [-0.05, 0) is 0 Å². The van der Waals surface area contributed by atoms with Gasteiger partial charge in [-0.1, -0.05) is 5.87 Å². The molecule has 5 heteroatoms. The van der Waals surface area contributed by atoms with Crippen LogP contribution in [0.15, 0.2) is 4.99 Å². The summed E-state index contributed by atoms with van der Waals surface area (Å²) in [5.74, 6) is 4.40. The van der Waals surface area contributed by atoms with Gasteiger partial charge in [0, 0.05) is 13.1 Å². The van der Waals surface area contributed by atoms with E-state index in [1.54, 1.807) is 0 Å². The normalized spacial score (nSPS) is 29.2. The highest BCUT2D eigenvalue weighted by molar-refractivity contribution is 8.27. The number of amides is 1. The highest BCUT2D eigenvalue weighted by atomic mass is 32.2. The zero-order valence-electron chi connectivity index (χ0n) is 7.36. The molecule has 0 spiro atoms. The molecule has 72 valence electrons. The number of hydrogen-bond donors (Lipinski definition) is 0. The number of amidine groups is 1. The highest BCUT2D eigenvalue weighted by Gasteiger charge is 2.23. The molecule has 0 aliphatic carbocycles. The molecule has 0 aromatic carbocycles. The average molecular weight is 200 g/mol. The van der Waals surface area contributed by atoms with E-state index in [1.807, 2.05) is 0 Å². The van der Waals surface area contributed by atoms with Crippen molar-refractivity contribution in [3.63, 3.8) is 0 Å². The maximum Gasteiger partial charge on any atom is 0.258 e.